The predicted octanol–water partition coefficient (Wildman–Crippen LogP) is 1.08. The number of aliphatic hydroxyl groups is 1. The van der Waals surface area contributed by atoms with Crippen LogP contribution in [0.5, 0.6) is 0 Å². The summed E-state index contributed by atoms with van der Waals surface area (Å²) in [5, 5.41) is 8.77. The minimum atomic E-state index is 0.251. The first kappa shape index (κ1) is 9.50. The normalized spacial score (nSPS) is 14.0. The van der Waals surface area contributed by atoms with E-state index in [1.165, 1.54) is 0 Å². The highest BCUT2D eigenvalue weighted by Crippen LogP contribution is 2.02. The third-order valence-electron chi connectivity index (χ3n) is 1.42. The second kappa shape index (κ2) is 5.30. The molecule has 0 aromatic heterocycles. The topological polar surface area (TPSA) is 23.5 Å². The highest BCUT2D eigenvalue weighted by molar-refractivity contribution is 4.85. The Balaban J connectivity index is 3.61. The van der Waals surface area contributed by atoms with Crippen molar-refractivity contribution in [3.8, 4) is 0 Å². The van der Waals surface area contributed by atoms with E-state index in [4.69, 9.17) is 5.11 Å². The summed E-state index contributed by atoms with van der Waals surface area (Å²) in [6.07, 6.45) is 5.01. The van der Waals surface area contributed by atoms with Gasteiger partial charge in [0.25, 0.3) is 0 Å². The first-order valence-corrected chi connectivity index (χ1v) is 3.66. The maximum Gasteiger partial charge on any atom is 0.0494 e. The summed E-state index contributed by atoms with van der Waals surface area (Å²) in [7, 11) is 3.95. The molecule has 0 amide bonds. The fourth-order valence-electron chi connectivity index (χ4n) is 0.620. The van der Waals surface area contributed by atoms with E-state index in [1.807, 2.05) is 31.3 Å². The number of hydrogen-bond donors (Lipinski definition) is 1. The van der Waals surface area contributed by atoms with Crippen LogP contribution in [0.2, 0.25) is 0 Å². The highest BCUT2D eigenvalue weighted by atomic mass is 16.3. The summed E-state index contributed by atoms with van der Waals surface area (Å²) in [5.41, 5.74) is 0. The lowest BCUT2D eigenvalue weighted by atomic mass is 10.1. The van der Waals surface area contributed by atoms with Crippen molar-refractivity contribution in [1.29, 1.82) is 0 Å². The van der Waals surface area contributed by atoms with Crippen molar-refractivity contribution in [3.63, 3.8) is 0 Å². The lowest BCUT2D eigenvalue weighted by Crippen LogP contribution is -2.05. The summed E-state index contributed by atoms with van der Waals surface area (Å²) >= 11 is 0. The molecular formula is C8H17NO. The summed E-state index contributed by atoms with van der Waals surface area (Å²) < 4.78 is 0. The van der Waals surface area contributed by atoms with Crippen LogP contribution in [0, 0.1) is 5.92 Å². The summed E-state index contributed by atoms with van der Waals surface area (Å²) in [4.78, 5) is 1.97. The lowest BCUT2D eigenvalue weighted by molar-refractivity contribution is 0.248. The van der Waals surface area contributed by atoms with Gasteiger partial charge in [0.2, 0.25) is 0 Å². The highest BCUT2D eigenvalue weighted by Gasteiger charge is 1.96. The fraction of sp³-hybridized carbons (Fsp3) is 0.750. The molecule has 0 aliphatic rings. The van der Waals surface area contributed by atoms with Gasteiger partial charge in [-0.1, -0.05) is 13.0 Å². The number of rotatable bonds is 4. The van der Waals surface area contributed by atoms with Crippen LogP contribution in [0.15, 0.2) is 12.3 Å². The summed E-state index contributed by atoms with van der Waals surface area (Å²) in [5.74, 6) is 0.322. The van der Waals surface area contributed by atoms with Gasteiger partial charge in [-0.25, -0.2) is 0 Å². The third kappa shape index (κ3) is 4.39. The standard InChI is InChI=1S/C8H17NO/c1-4-8(7-10)5-6-9(2)3/h5-6,8,10H,4,7H2,1-3H3/b6-5-. The SMILES string of the molecule is CCC(/C=C\N(C)C)CO. The maximum absolute atomic E-state index is 8.77. The first-order valence-electron chi connectivity index (χ1n) is 3.66. The minimum absolute atomic E-state index is 0.251. The number of nitrogens with zero attached hydrogens (tertiary/aromatic N) is 1. The molecule has 0 spiro atoms. The number of aliphatic hydroxyl groups excluding tert-OH is 1. The average molecular weight is 143 g/mol. The van der Waals surface area contributed by atoms with E-state index in [-0.39, 0.29) is 6.61 Å². The second-order valence-electron chi connectivity index (χ2n) is 2.66. The van der Waals surface area contributed by atoms with Crippen LogP contribution in [-0.4, -0.2) is 30.7 Å². The quantitative estimate of drug-likeness (QED) is 0.636. The molecule has 0 aliphatic carbocycles. The molecule has 0 aromatic rings. The lowest BCUT2D eigenvalue weighted by Gasteiger charge is -2.07. The Morgan fingerprint density at radius 1 is 1.50 bits per heavy atom. The summed E-state index contributed by atoms with van der Waals surface area (Å²) in [6, 6.07) is 0. The van der Waals surface area contributed by atoms with Gasteiger partial charge in [0.1, 0.15) is 0 Å². The molecular weight excluding hydrogens is 126 g/mol. The van der Waals surface area contributed by atoms with Crippen molar-refractivity contribution in [3.05, 3.63) is 12.3 Å². The van der Waals surface area contributed by atoms with Gasteiger partial charge in [0.05, 0.1) is 0 Å². The fourth-order valence-corrected chi connectivity index (χ4v) is 0.620. The van der Waals surface area contributed by atoms with Crippen molar-refractivity contribution >= 4 is 0 Å². The van der Waals surface area contributed by atoms with Crippen LogP contribution >= 0.6 is 0 Å². The molecule has 2 heteroatoms. The van der Waals surface area contributed by atoms with Crippen molar-refractivity contribution in [2.24, 2.45) is 5.92 Å². The molecule has 0 aliphatic heterocycles. The Kier molecular flexibility index (Phi) is 5.03. The van der Waals surface area contributed by atoms with E-state index in [9.17, 15) is 0 Å². The van der Waals surface area contributed by atoms with E-state index in [2.05, 4.69) is 6.92 Å². The molecule has 2 nitrogen and oxygen atoms in total. The molecule has 10 heavy (non-hydrogen) atoms. The van der Waals surface area contributed by atoms with Crippen molar-refractivity contribution < 1.29 is 5.11 Å². The van der Waals surface area contributed by atoms with Crippen LogP contribution < -0.4 is 0 Å². The Morgan fingerprint density at radius 2 is 2.10 bits per heavy atom. The summed E-state index contributed by atoms with van der Waals surface area (Å²) in [6.45, 7) is 2.32. The zero-order valence-electron chi connectivity index (χ0n) is 7.04. The molecule has 1 atom stereocenters. The zero-order chi connectivity index (χ0) is 7.98. The predicted molar refractivity (Wildman–Crippen MR) is 43.7 cm³/mol. The van der Waals surface area contributed by atoms with E-state index >= 15 is 0 Å². The second-order valence-corrected chi connectivity index (χ2v) is 2.66. The van der Waals surface area contributed by atoms with Gasteiger partial charge in [0.15, 0.2) is 0 Å². The molecule has 1 N–H and O–H groups in total. The Labute approximate surface area is 63.2 Å². The van der Waals surface area contributed by atoms with Crippen molar-refractivity contribution in [1.82, 2.24) is 4.90 Å². The molecule has 60 valence electrons. The van der Waals surface area contributed by atoms with Crippen LogP contribution in [0.25, 0.3) is 0 Å². The monoisotopic (exact) mass is 143 g/mol. The molecule has 0 radical (unpaired) electrons. The van der Waals surface area contributed by atoms with Gasteiger partial charge >= 0.3 is 0 Å². The Morgan fingerprint density at radius 3 is 2.40 bits per heavy atom. The first-order chi connectivity index (χ1) is 4.70. The largest absolute Gasteiger partial charge is 0.396 e. The van der Waals surface area contributed by atoms with Gasteiger partial charge in [-0.15, -0.1) is 0 Å². The van der Waals surface area contributed by atoms with E-state index in [0.717, 1.165) is 6.42 Å². The van der Waals surface area contributed by atoms with E-state index in [0.29, 0.717) is 5.92 Å². The Bertz CT molecular complexity index is 95.4. The van der Waals surface area contributed by atoms with Crippen LogP contribution in [0.3, 0.4) is 0 Å². The molecule has 0 saturated heterocycles. The molecule has 0 bridgehead atoms. The van der Waals surface area contributed by atoms with Crippen LogP contribution in [-0.2, 0) is 0 Å². The molecule has 0 heterocycles. The van der Waals surface area contributed by atoms with Gasteiger partial charge in [0, 0.05) is 26.6 Å². The Hall–Kier alpha value is -0.500. The van der Waals surface area contributed by atoms with Gasteiger partial charge < -0.3 is 10.0 Å². The maximum atomic E-state index is 8.77. The van der Waals surface area contributed by atoms with Crippen LogP contribution in [0.4, 0.5) is 0 Å². The van der Waals surface area contributed by atoms with Crippen LogP contribution in [0.1, 0.15) is 13.3 Å². The van der Waals surface area contributed by atoms with Gasteiger partial charge in [-0.05, 0) is 12.6 Å². The molecule has 0 saturated carbocycles. The van der Waals surface area contributed by atoms with Gasteiger partial charge in [-0.2, -0.15) is 0 Å². The zero-order valence-corrected chi connectivity index (χ0v) is 7.04. The average Bonchev–Trinajstić information content (AvgIpc) is 1.90. The molecule has 0 aromatic carbocycles. The molecule has 0 rings (SSSR count). The molecule has 0 fully saturated rings. The van der Waals surface area contributed by atoms with E-state index < -0.39 is 0 Å². The van der Waals surface area contributed by atoms with Crippen molar-refractivity contribution in [2.45, 2.75) is 13.3 Å². The van der Waals surface area contributed by atoms with Gasteiger partial charge in [-0.3, -0.25) is 0 Å². The molecule has 1 unspecified atom stereocenters. The third-order valence-corrected chi connectivity index (χ3v) is 1.42. The minimum Gasteiger partial charge on any atom is -0.396 e. The van der Waals surface area contributed by atoms with Crippen molar-refractivity contribution in [2.75, 3.05) is 20.7 Å². The smallest absolute Gasteiger partial charge is 0.0494 e. The number of hydrogen-bond acceptors (Lipinski definition) is 2. The van der Waals surface area contributed by atoms with E-state index in [1.54, 1.807) is 0 Å².